The summed E-state index contributed by atoms with van der Waals surface area (Å²) < 4.78 is 5.07. The third-order valence-corrected chi connectivity index (χ3v) is 4.14. The molecular formula is C18H16ClN3O4. The number of hydrogen-bond donors (Lipinski definition) is 2. The highest BCUT2D eigenvalue weighted by Gasteiger charge is 2.39. The average Bonchev–Trinajstić information content (AvgIpc) is 2.93. The van der Waals surface area contributed by atoms with Crippen LogP contribution in [0, 0.1) is 0 Å². The van der Waals surface area contributed by atoms with Gasteiger partial charge in [0, 0.05) is 10.6 Å². The number of carbonyl (C=O) groups excluding carboxylic acids is 3. The monoisotopic (exact) mass is 373 g/mol. The van der Waals surface area contributed by atoms with Crippen LogP contribution in [-0.4, -0.2) is 30.9 Å². The summed E-state index contributed by atoms with van der Waals surface area (Å²) >= 11 is 5.92. The lowest BCUT2D eigenvalue weighted by atomic mass is 10.2. The van der Waals surface area contributed by atoms with Crippen LogP contribution in [0.25, 0.3) is 0 Å². The lowest BCUT2D eigenvalue weighted by molar-refractivity contribution is -0.121. The van der Waals surface area contributed by atoms with Crippen LogP contribution in [0.1, 0.15) is 16.8 Å². The number of nitrogens with one attached hydrogen (secondary N) is 2. The van der Waals surface area contributed by atoms with Gasteiger partial charge in [0.1, 0.15) is 11.8 Å². The summed E-state index contributed by atoms with van der Waals surface area (Å²) in [6, 6.07) is 12.2. The van der Waals surface area contributed by atoms with E-state index in [1.54, 1.807) is 42.5 Å². The van der Waals surface area contributed by atoms with Gasteiger partial charge in [-0.15, -0.1) is 0 Å². The first-order valence-corrected chi connectivity index (χ1v) is 8.19. The summed E-state index contributed by atoms with van der Waals surface area (Å²) in [5.41, 5.74) is 5.84. The van der Waals surface area contributed by atoms with Crippen molar-refractivity contribution in [1.29, 1.82) is 0 Å². The van der Waals surface area contributed by atoms with Gasteiger partial charge in [-0.25, -0.2) is 10.3 Å². The summed E-state index contributed by atoms with van der Waals surface area (Å²) in [7, 11) is 1.50. The van der Waals surface area contributed by atoms with Crippen LogP contribution >= 0.6 is 11.6 Å². The first kappa shape index (κ1) is 17.9. The Balaban J connectivity index is 1.66. The highest BCUT2D eigenvalue weighted by atomic mass is 35.5. The van der Waals surface area contributed by atoms with Gasteiger partial charge in [0.15, 0.2) is 0 Å². The van der Waals surface area contributed by atoms with Gasteiger partial charge >= 0.3 is 0 Å². The van der Waals surface area contributed by atoms with E-state index in [4.69, 9.17) is 16.3 Å². The maximum absolute atomic E-state index is 12.5. The number of anilines is 1. The van der Waals surface area contributed by atoms with E-state index in [-0.39, 0.29) is 12.3 Å². The van der Waals surface area contributed by atoms with Crippen LogP contribution in [0.5, 0.6) is 5.75 Å². The summed E-state index contributed by atoms with van der Waals surface area (Å²) in [6.07, 6.45) is -0.0657. The molecule has 1 aliphatic rings. The van der Waals surface area contributed by atoms with E-state index in [0.717, 1.165) is 4.90 Å². The standard InChI is InChI=1S/C18H16ClN3O4/c1-26-14-7-2-4-11(8-14)17(24)21-20-15-10-16(23)22(18(15)25)13-6-3-5-12(19)9-13/h2-9,15,20H,10H2,1H3,(H,21,24). The minimum Gasteiger partial charge on any atom is -0.497 e. The fourth-order valence-electron chi connectivity index (χ4n) is 2.62. The van der Waals surface area contributed by atoms with Gasteiger partial charge in [0.2, 0.25) is 5.91 Å². The molecule has 26 heavy (non-hydrogen) atoms. The molecule has 1 aliphatic heterocycles. The van der Waals surface area contributed by atoms with Crippen molar-refractivity contribution in [3.63, 3.8) is 0 Å². The zero-order chi connectivity index (χ0) is 18.7. The first-order valence-electron chi connectivity index (χ1n) is 7.82. The number of methoxy groups -OCH3 is 1. The van der Waals surface area contributed by atoms with E-state index in [9.17, 15) is 14.4 Å². The second kappa shape index (κ2) is 7.55. The minimum absolute atomic E-state index is 0.0657. The molecule has 0 aromatic heterocycles. The third kappa shape index (κ3) is 3.68. The van der Waals surface area contributed by atoms with Crippen LogP contribution in [0.3, 0.4) is 0 Å². The van der Waals surface area contributed by atoms with Gasteiger partial charge in [0.25, 0.3) is 11.8 Å². The number of rotatable bonds is 5. The number of carbonyl (C=O) groups is 3. The molecule has 0 spiro atoms. The van der Waals surface area contributed by atoms with Gasteiger partial charge in [-0.1, -0.05) is 23.7 Å². The summed E-state index contributed by atoms with van der Waals surface area (Å²) in [4.78, 5) is 38.0. The van der Waals surface area contributed by atoms with E-state index < -0.39 is 17.9 Å². The number of imide groups is 1. The molecule has 1 atom stereocenters. The first-order chi connectivity index (χ1) is 12.5. The molecule has 1 unspecified atom stereocenters. The van der Waals surface area contributed by atoms with Crippen molar-refractivity contribution >= 4 is 35.0 Å². The molecule has 3 amide bonds. The Labute approximate surface area is 154 Å². The molecular weight excluding hydrogens is 358 g/mol. The topological polar surface area (TPSA) is 87.7 Å². The molecule has 1 fully saturated rings. The summed E-state index contributed by atoms with van der Waals surface area (Å²) in [5.74, 6) is -0.726. The van der Waals surface area contributed by atoms with Gasteiger partial charge in [-0.05, 0) is 36.4 Å². The fraction of sp³-hybridized carbons (Fsp3) is 0.167. The normalized spacial score (nSPS) is 16.7. The molecule has 0 aliphatic carbocycles. The van der Waals surface area contributed by atoms with Crippen molar-refractivity contribution in [3.8, 4) is 5.75 Å². The molecule has 3 rings (SSSR count). The Kier molecular flexibility index (Phi) is 5.20. The number of hydrazine groups is 1. The number of hydrogen-bond acceptors (Lipinski definition) is 5. The second-order valence-electron chi connectivity index (χ2n) is 5.63. The molecule has 0 bridgehead atoms. The number of halogens is 1. The fourth-order valence-corrected chi connectivity index (χ4v) is 2.80. The SMILES string of the molecule is COc1cccc(C(=O)NNC2CC(=O)N(c3cccc(Cl)c3)C2=O)c1. The van der Waals surface area contributed by atoms with Crippen molar-refractivity contribution in [1.82, 2.24) is 10.9 Å². The number of nitrogens with zero attached hydrogens (tertiary/aromatic N) is 1. The molecule has 134 valence electrons. The zero-order valence-corrected chi connectivity index (χ0v) is 14.6. The molecule has 1 heterocycles. The van der Waals surface area contributed by atoms with Gasteiger partial charge in [0.05, 0.1) is 19.2 Å². The Morgan fingerprint density at radius 3 is 2.69 bits per heavy atom. The Morgan fingerprint density at radius 2 is 1.96 bits per heavy atom. The lowest BCUT2D eigenvalue weighted by Crippen LogP contribution is -2.48. The summed E-state index contributed by atoms with van der Waals surface area (Å²) in [6.45, 7) is 0. The third-order valence-electron chi connectivity index (χ3n) is 3.90. The van der Waals surface area contributed by atoms with Crippen molar-refractivity contribution in [2.45, 2.75) is 12.5 Å². The molecule has 0 radical (unpaired) electrons. The minimum atomic E-state index is -0.851. The van der Waals surface area contributed by atoms with Crippen molar-refractivity contribution in [2.24, 2.45) is 0 Å². The predicted octanol–water partition coefficient (Wildman–Crippen LogP) is 1.92. The maximum Gasteiger partial charge on any atom is 0.265 e. The van der Waals surface area contributed by atoms with E-state index in [0.29, 0.717) is 22.0 Å². The van der Waals surface area contributed by atoms with Gasteiger partial charge in [-0.3, -0.25) is 19.8 Å². The van der Waals surface area contributed by atoms with Crippen LogP contribution in [0.2, 0.25) is 5.02 Å². The average molecular weight is 374 g/mol. The van der Waals surface area contributed by atoms with E-state index in [1.807, 2.05) is 0 Å². The largest absolute Gasteiger partial charge is 0.497 e. The van der Waals surface area contributed by atoms with Crippen molar-refractivity contribution in [2.75, 3.05) is 12.0 Å². The van der Waals surface area contributed by atoms with E-state index in [2.05, 4.69) is 10.9 Å². The second-order valence-corrected chi connectivity index (χ2v) is 6.07. The smallest absolute Gasteiger partial charge is 0.265 e. The molecule has 1 saturated heterocycles. The van der Waals surface area contributed by atoms with Crippen LogP contribution in [0.4, 0.5) is 5.69 Å². The number of amides is 3. The number of ether oxygens (including phenoxy) is 1. The molecule has 2 N–H and O–H groups in total. The van der Waals surface area contributed by atoms with Crippen LogP contribution in [0.15, 0.2) is 48.5 Å². The van der Waals surface area contributed by atoms with Crippen LogP contribution in [-0.2, 0) is 9.59 Å². The van der Waals surface area contributed by atoms with Gasteiger partial charge in [-0.2, -0.15) is 0 Å². The Morgan fingerprint density at radius 1 is 1.19 bits per heavy atom. The highest BCUT2D eigenvalue weighted by molar-refractivity contribution is 6.31. The predicted molar refractivity (Wildman–Crippen MR) is 95.9 cm³/mol. The van der Waals surface area contributed by atoms with E-state index in [1.165, 1.54) is 13.2 Å². The van der Waals surface area contributed by atoms with Crippen molar-refractivity contribution < 1.29 is 19.1 Å². The molecule has 2 aromatic rings. The highest BCUT2D eigenvalue weighted by Crippen LogP contribution is 2.25. The Hall–Kier alpha value is -2.90. The quantitative estimate of drug-likeness (QED) is 0.617. The van der Waals surface area contributed by atoms with Gasteiger partial charge < -0.3 is 4.74 Å². The maximum atomic E-state index is 12.5. The molecule has 0 saturated carbocycles. The lowest BCUT2D eigenvalue weighted by Gasteiger charge is -2.16. The van der Waals surface area contributed by atoms with E-state index >= 15 is 0 Å². The Bertz CT molecular complexity index is 871. The van der Waals surface area contributed by atoms with Crippen molar-refractivity contribution in [3.05, 3.63) is 59.1 Å². The molecule has 7 nitrogen and oxygen atoms in total. The number of benzene rings is 2. The molecule has 8 heteroatoms. The summed E-state index contributed by atoms with van der Waals surface area (Å²) in [5, 5.41) is 0.422. The van der Waals surface area contributed by atoms with Crippen LogP contribution < -0.4 is 20.5 Å². The zero-order valence-electron chi connectivity index (χ0n) is 13.9. The molecule has 2 aromatic carbocycles.